The van der Waals surface area contributed by atoms with Crippen LogP contribution in [-0.4, -0.2) is 25.9 Å². The van der Waals surface area contributed by atoms with Crippen molar-refractivity contribution in [3.05, 3.63) is 88.9 Å². The number of hydrogen-bond acceptors (Lipinski definition) is 4. The van der Waals surface area contributed by atoms with Crippen molar-refractivity contribution >= 4 is 39.3 Å². The molecule has 3 aromatic carbocycles. The molecule has 0 aliphatic rings. The van der Waals surface area contributed by atoms with E-state index in [1.807, 2.05) is 97.3 Å². The van der Waals surface area contributed by atoms with Crippen molar-refractivity contribution in [3.8, 4) is 17.1 Å². The Labute approximate surface area is 194 Å². The normalized spacial score (nSPS) is 11.8. The van der Waals surface area contributed by atoms with Crippen molar-refractivity contribution < 1.29 is 4.79 Å². The highest BCUT2D eigenvalue weighted by Gasteiger charge is 2.23. The topological polar surface area (TPSA) is 59.8 Å². The van der Waals surface area contributed by atoms with Gasteiger partial charge in [0.2, 0.25) is 5.91 Å². The average Bonchev–Trinajstić information content (AvgIpc) is 3.19. The summed E-state index contributed by atoms with van der Waals surface area (Å²) in [4.78, 5) is 12.9. The average molecular weight is 493 g/mol. The van der Waals surface area contributed by atoms with Crippen LogP contribution in [0.1, 0.15) is 12.5 Å². The standard InChI is InChI=1S/C24H21BrN4OS/c1-16-10-6-9-15-21(16)26-23(30)17(2)31-24-28-27-22(19-13-7-8-14-20(19)25)29(24)18-11-4-3-5-12-18/h3-15,17H,1-2H3,(H,26,30). The van der Waals surface area contributed by atoms with Crippen LogP contribution in [0.3, 0.4) is 0 Å². The number of aryl methyl sites for hydroxylation is 1. The fourth-order valence-corrected chi connectivity index (χ4v) is 4.46. The lowest BCUT2D eigenvalue weighted by molar-refractivity contribution is -0.115. The van der Waals surface area contributed by atoms with E-state index >= 15 is 0 Å². The Balaban J connectivity index is 1.66. The number of rotatable bonds is 6. The Bertz CT molecular complexity index is 1210. The first-order valence-corrected chi connectivity index (χ1v) is 11.5. The predicted molar refractivity (Wildman–Crippen MR) is 130 cm³/mol. The summed E-state index contributed by atoms with van der Waals surface area (Å²) >= 11 is 5.00. The SMILES string of the molecule is Cc1ccccc1NC(=O)C(C)Sc1nnc(-c2ccccc2Br)n1-c1ccccc1. The minimum atomic E-state index is -0.363. The number of carbonyl (C=O) groups excluding carboxylic acids is 1. The third kappa shape index (κ3) is 4.73. The Morgan fingerprint density at radius 3 is 2.39 bits per heavy atom. The van der Waals surface area contributed by atoms with E-state index in [4.69, 9.17) is 0 Å². The number of aromatic nitrogens is 3. The van der Waals surface area contributed by atoms with E-state index in [9.17, 15) is 4.79 Å². The number of para-hydroxylation sites is 2. The van der Waals surface area contributed by atoms with Gasteiger partial charge in [0.25, 0.3) is 0 Å². The van der Waals surface area contributed by atoms with Crippen molar-refractivity contribution in [2.45, 2.75) is 24.3 Å². The Morgan fingerprint density at radius 1 is 0.968 bits per heavy atom. The van der Waals surface area contributed by atoms with Gasteiger partial charge in [0, 0.05) is 21.4 Å². The molecule has 1 atom stereocenters. The second-order valence-electron chi connectivity index (χ2n) is 7.02. The van der Waals surface area contributed by atoms with Crippen molar-refractivity contribution in [1.29, 1.82) is 0 Å². The molecule has 0 aliphatic carbocycles. The van der Waals surface area contributed by atoms with Crippen LogP contribution in [-0.2, 0) is 4.79 Å². The van der Waals surface area contributed by atoms with E-state index in [1.165, 1.54) is 11.8 Å². The van der Waals surface area contributed by atoms with Crippen LogP contribution in [0.5, 0.6) is 0 Å². The number of nitrogens with zero attached hydrogens (tertiary/aromatic N) is 3. The zero-order chi connectivity index (χ0) is 21.8. The maximum Gasteiger partial charge on any atom is 0.237 e. The van der Waals surface area contributed by atoms with Crippen LogP contribution in [0.15, 0.2) is 88.5 Å². The molecule has 0 spiro atoms. The second kappa shape index (κ2) is 9.49. The summed E-state index contributed by atoms with van der Waals surface area (Å²) in [7, 11) is 0. The third-order valence-corrected chi connectivity index (χ3v) is 6.55. The van der Waals surface area contributed by atoms with Crippen LogP contribution in [0.25, 0.3) is 17.1 Å². The number of nitrogens with one attached hydrogen (secondary N) is 1. The minimum Gasteiger partial charge on any atom is -0.325 e. The van der Waals surface area contributed by atoms with Gasteiger partial charge < -0.3 is 5.32 Å². The number of thioether (sulfide) groups is 1. The monoisotopic (exact) mass is 492 g/mol. The Kier molecular flexibility index (Phi) is 6.53. The summed E-state index contributed by atoms with van der Waals surface area (Å²) in [6, 6.07) is 25.6. The molecule has 1 unspecified atom stereocenters. The quantitative estimate of drug-likeness (QED) is 0.329. The first-order valence-electron chi connectivity index (χ1n) is 9.83. The van der Waals surface area contributed by atoms with Crippen LogP contribution in [0, 0.1) is 6.92 Å². The fourth-order valence-electron chi connectivity index (χ4n) is 3.13. The smallest absolute Gasteiger partial charge is 0.237 e. The number of carbonyl (C=O) groups is 1. The maximum absolute atomic E-state index is 12.9. The summed E-state index contributed by atoms with van der Waals surface area (Å²) in [5, 5.41) is 12.2. The van der Waals surface area contributed by atoms with Gasteiger partial charge in [-0.15, -0.1) is 10.2 Å². The van der Waals surface area contributed by atoms with Gasteiger partial charge in [-0.3, -0.25) is 9.36 Å². The molecule has 7 heteroatoms. The highest BCUT2D eigenvalue weighted by atomic mass is 79.9. The van der Waals surface area contributed by atoms with Crippen molar-refractivity contribution in [2.75, 3.05) is 5.32 Å². The van der Waals surface area contributed by atoms with Crippen LogP contribution in [0.2, 0.25) is 0 Å². The van der Waals surface area contributed by atoms with E-state index in [0.717, 1.165) is 27.0 Å². The fraction of sp³-hybridized carbons (Fsp3) is 0.125. The third-order valence-electron chi connectivity index (χ3n) is 4.82. The van der Waals surface area contributed by atoms with E-state index in [-0.39, 0.29) is 11.2 Å². The predicted octanol–water partition coefficient (Wildman–Crippen LogP) is 6.12. The first kappa shape index (κ1) is 21.3. The lowest BCUT2D eigenvalue weighted by Gasteiger charge is -2.15. The molecule has 4 aromatic rings. The minimum absolute atomic E-state index is 0.0793. The number of hydrogen-bond donors (Lipinski definition) is 1. The van der Waals surface area contributed by atoms with Gasteiger partial charge in [0.1, 0.15) is 0 Å². The summed E-state index contributed by atoms with van der Waals surface area (Å²) in [5.41, 5.74) is 3.71. The molecule has 1 amide bonds. The number of amides is 1. The summed E-state index contributed by atoms with van der Waals surface area (Å²) in [5.74, 6) is 0.636. The van der Waals surface area contributed by atoms with Crippen molar-refractivity contribution in [2.24, 2.45) is 0 Å². The molecule has 0 radical (unpaired) electrons. The number of anilines is 1. The Morgan fingerprint density at radius 2 is 1.65 bits per heavy atom. The molecule has 4 rings (SSSR count). The second-order valence-corrected chi connectivity index (χ2v) is 9.18. The lowest BCUT2D eigenvalue weighted by atomic mass is 10.2. The molecule has 31 heavy (non-hydrogen) atoms. The van der Waals surface area contributed by atoms with Crippen LogP contribution >= 0.6 is 27.7 Å². The van der Waals surface area contributed by atoms with Crippen LogP contribution < -0.4 is 5.32 Å². The molecule has 0 bridgehead atoms. The summed E-state index contributed by atoms with van der Waals surface area (Å²) in [6.45, 7) is 3.85. The zero-order valence-electron chi connectivity index (χ0n) is 17.1. The first-order chi connectivity index (χ1) is 15.0. The largest absolute Gasteiger partial charge is 0.325 e. The van der Waals surface area contributed by atoms with E-state index in [0.29, 0.717) is 11.0 Å². The summed E-state index contributed by atoms with van der Waals surface area (Å²) in [6.07, 6.45) is 0. The highest BCUT2D eigenvalue weighted by Crippen LogP contribution is 2.33. The van der Waals surface area contributed by atoms with Gasteiger partial charge in [-0.25, -0.2) is 0 Å². The highest BCUT2D eigenvalue weighted by molar-refractivity contribution is 9.10. The van der Waals surface area contributed by atoms with Gasteiger partial charge in [-0.05, 0) is 43.7 Å². The molecule has 0 aliphatic heterocycles. The van der Waals surface area contributed by atoms with Gasteiger partial charge in [-0.2, -0.15) is 0 Å². The molecule has 0 saturated carbocycles. The molecule has 156 valence electrons. The zero-order valence-corrected chi connectivity index (χ0v) is 19.5. The molecule has 0 saturated heterocycles. The number of benzene rings is 3. The molecule has 1 aromatic heterocycles. The Hall–Kier alpha value is -2.90. The van der Waals surface area contributed by atoms with E-state index in [1.54, 1.807) is 0 Å². The lowest BCUT2D eigenvalue weighted by Crippen LogP contribution is -2.23. The van der Waals surface area contributed by atoms with Crippen molar-refractivity contribution in [1.82, 2.24) is 14.8 Å². The van der Waals surface area contributed by atoms with Gasteiger partial charge >= 0.3 is 0 Å². The molecule has 0 fully saturated rings. The molecular formula is C24H21BrN4OS. The number of halogens is 1. The van der Waals surface area contributed by atoms with Crippen LogP contribution in [0.4, 0.5) is 5.69 Å². The van der Waals surface area contributed by atoms with Crippen molar-refractivity contribution in [3.63, 3.8) is 0 Å². The van der Waals surface area contributed by atoms with Gasteiger partial charge in [0.15, 0.2) is 11.0 Å². The molecule has 1 N–H and O–H groups in total. The van der Waals surface area contributed by atoms with Gasteiger partial charge in [0.05, 0.1) is 5.25 Å². The van der Waals surface area contributed by atoms with E-state index in [2.05, 4.69) is 31.4 Å². The molecular weight excluding hydrogens is 472 g/mol. The van der Waals surface area contributed by atoms with Gasteiger partial charge in [-0.1, -0.05) is 82.3 Å². The van der Waals surface area contributed by atoms with E-state index < -0.39 is 0 Å². The molecule has 5 nitrogen and oxygen atoms in total. The summed E-state index contributed by atoms with van der Waals surface area (Å²) < 4.78 is 2.92. The molecule has 1 heterocycles. The maximum atomic E-state index is 12.9.